The molecular formula is C21H24BrN3S2. The van der Waals surface area contributed by atoms with Crippen molar-refractivity contribution in [2.45, 2.75) is 57.0 Å². The van der Waals surface area contributed by atoms with Crippen molar-refractivity contribution in [2.75, 3.05) is 0 Å². The molecule has 142 valence electrons. The molecule has 0 unspecified atom stereocenters. The Morgan fingerprint density at radius 1 is 1.33 bits per heavy atom. The number of hydrogen-bond donors (Lipinski definition) is 0. The first kappa shape index (κ1) is 19.2. The number of halogens is 1. The Hall–Kier alpha value is -1.11. The molecule has 0 bridgehead atoms. The highest BCUT2D eigenvalue weighted by molar-refractivity contribution is 9.10. The summed E-state index contributed by atoms with van der Waals surface area (Å²) < 4.78 is 3.42. The highest BCUT2D eigenvalue weighted by Crippen LogP contribution is 2.39. The zero-order valence-corrected chi connectivity index (χ0v) is 19.1. The Labute approximate surface area is 177 Å². The lowest BCUT2D eigenvalue weighted by Gasteiger charge is -2.19. The third kappa shape index (κ3) is 4.03. The molecule has 1 aliphatic rings. The van der Waals surface area contributed by atoms with Gasteiger partial charge in [-0.05, 0) is 62.3 Å². The zero-order chi connectivity index (χ0) is 19.0. The van der Waals surface area contributed by atoms with Crippen LogP contribution in [0.3, 0.4) is 0 Å². The Morgan fingerprint density at radius 2 is 2.19 bits per heavy atom. The van der Waals surface area contributed by atoms with Crippen molar-refractivity contribution in [3.05, 3.63) is 50.1 Å². The number of rotatable bonds is 5. The molecule has 1 aliphatic carbocycles. The van der Waals surface area contributed by atoms with Gasteiger partial charge in [0, 0.05) is 32.1 Å². The fraction of sp³-hybridized carbons (Fsp3) is 0.429. The lowest BCUT2D eigenvalue weighted by Crippen LogP contribution is -2.10. The number of thioether (sulfide) groups is 1. The van der Waals surface area contributed by atoms with Crippen LogP contribution in [0, 0.1) is 5.92 Å². The molecule has 1 aromatic carbocycles. The van der Waals surface area contributed by atoms with Crippen LogP contribution < -0.4 is 0 Å². The van der Waals surface area contributed by atoms with Crippen molar-refractivity contribution in [1.29, 1.82) is 0 Å². The van der Waals surface area contributed by atoms with Gasteiger partial charge in [-0.1, -0.05) is 46.7 Å². The van der Waals surface area contributed by atoms with Gasteiger partial charge in [-0.2, -0.15) is 0 Å². The average Bonchev–Trinajstić information content (AvgIpc) is 3.23. The lowest BCUT2D eigenvalue weighted by atomic mass is 9.88. The first-order valence-electron chi connectivity index (χ1n) is 9.44. The molecule has 0 spiro atoms. The zero-order valence-electron chi connectivity index (χ0n) is 15.9. The third-order valence-corrected chi connectivity index (χ3v) is 7.64. The largest absolute Gasteiger partial charge is 0.299 e. The minimum Gasteiger partial charge on any atom is -0.299 e. The summed E-state index contributed by atoms with van der Waals surface area (Å²) in [7, 11) is 0. The summed E-state index contributed by atoms with van der Waals surface area (Å²) in [5, 5.41) is 12.5. The van der Waals surface area contributed by atoms with Gasteiger partial charge in [0.05, 0.1) is 0 Å². The molecule has 4 rings (SSSR count). The first-order chi connectivity index (χ1) is 13.0. The van der Waals surface area contributed by atoms with E-state index in [9.17, 15) is 0 Å². The van der Waals surface area contributed by atoms with Crippen LogP contribution in [0.1, 0.15) is 49.2 Å². The topological polar surface area (TPSA) is 30.7 Å². The summed E-state index contributed by atoms with van der Waals surface area (Å²) in [6, 6.07) is 8.80. The number of thiophene rings is 1. The quantitative estimate of drug-likeness (QED) is 0.392. The molecule has 0 radical (unpaired) electrons. The normalized spacial score (nSPS) is 16.7. The van der Waals surface area contributed by atoms with Gasteiger partial charge in [-0.3, -0.25) is 4.57 Å². The van der Waals surface area contributed by atoms with Gasteiger partial charge in [-0.15, -0.1) is 21.5 Å². The predicted octanol–water partition coefficient (Wildman–Crippen LogP) is 6.77. The standard InChI is InChI=1S/C21H24BrN3S2/c1-13(2)25-20(18-12-26-19-9-14(3)7-8-17(18)19)23-24-21(25)27-11-15-5-4-6-16(22)10-15/h4-6,10,12-14H,7-9,11H2,1-3H3/t14-/m0/s1. The molecule has 3 aromatic rings. The molecule has 6 heteroatoms. The maximum absolute atomic E-state index is 4.63. The van der Waals surface area contributed by atoms with E-state index in [1.54, 1.807) is 16.6 Å². The molecule has 0 saturated carbocycles. The van der Waals surface area contributed by atoms with Gasteiger partial charge < -0.3 is 0 Å². The lowest BCUT2D eigenvalue weighted by molar-refractivity contribution is 0.507. The van der Waals surface area contributed by atoms with E-state index in [0.717, 1.165) is 27.1 Å². The monoisotopic (exact) mass is 461 g/mol. The molecule has 0 aliphatic heterocycles. The fourth-order valence-corrected chi connectivity index (χ4v) is 6.36. The summed E-state index contributed by atoms with van der Waals surface area (Å²) >= 11 is 7.22. The van der Waals surface area contributed by atoms with Crippen molar-refractivity contribution in [3.63, 3.8) is 0 Å². The van der Waals surface area contributed by atoms with Crippen LogP contribution in [0.5, 0.6) is 0 Å². The molecule has 2 heterocycles. The van der Waals surface area contributed by atoms with Crippen LogP contribution in [0.15, 0.2) is 39.3 Å². The van der Waals surface area contributed by atoms with Crippen molar-refractivity contribution >= 4 is 39.0 Å². The van der Waals surface area contributed by atoms with E-state index in [4.69, 9.17) is 0 Å². The maximum Gasteiger partial charge on any atom is 0.192 e. The second kappa shape index (κ2) is 8.10. The van der Waals surface area contributed by atoms with Gasteiger partial charge in [-0.25, -0.2) is 0 Å². The molecule has 3 nitrogen and oxygen atoms in total. The van der Waals surface area contributed by atoms with Gasteiger partial charge >= 0.3 is 0 Å². The van der Waals surface area contributed by atoms with Crippen LogP contribution in [-0.4, -0.2) is 14.8 Å². The van der Waals surface area contributed by atoms with Crippen LogP contribution >= 0.6 is 39.0 Å². The minimum atomic E-state index is 0.332. The molecule has 1 atom stereocenters. The van der Waals surface area contributed by atoms with E-state index < -0.39 is 0 Å². The van der Waals surface area contributed by atoms with E-state index in [0.29, 0.717) is 6.04 Å². The summed E-state index contributed by atoms with van der Waals surface area (Å²) in [4.78, 5) is 1.55. The molecule has 0 saturated heterocycles. The highest BCUT2D eigenvalue weighted by Gasteiger charge is 2.25. The second-order valence-electron chi connectivity index (χ2n) is 7.59. The minimum absolute atomic E-state index is 0.332. The van der Waals surface area contributed by atoms with Crippen LogP contribution in [0.25, 0.3) is 11.4 Å². The van der Waals surface area contributed by atoms with Crippen LogP contribution in [0.2, 0.25) is 0 Å². The Morgan fingerprint density at radius 3 is 2.96 bits per heavy atom. The first-order valence-corrected chi connectivity index (χ1v) is 12.1. The van der Waals surface area contributed by atoms with Gasteiger partial charge in [0.2, 0.25) is 0 Å². The predicted molar refractivity (Wildman–Crippen MR) is 119 cm³/mol. The fourth-order valence-electron chi connectivity index (χ4n) is 3.66. The number of fused-ring (bicyclic) bond motifs is 1. The summed E-state index contributed by atoms with van der Waals surface area (Å²) in [5.41, 5.74) is 4.10. The van der Waals surface area contributed by atoms with E-state index >= 15 is 0 Å². The van der Waals surface area contributed by atoms with Crippen LogP contribution in [-0.2, 0) is 18.6 Å². The third-order valence-electron chi connectivity index (χ3n) is 5.08. The Bertz CT molecular complexity index is 945. The molecule has 27 heavy (non-hydrogen) atoms. The summed E-state index contributed by atoms with van der Waals surface area (Å²) in [5.74, 6) is 2.72. The van der Waals surface area contributed by atoms with E-state index in [-0.39, 0.29) is 0 Å². The highest BCUT2D eigenvalue weighted by atomic mass is 79.9. The number of benzene rings is 1. The number of aromatic nitrogens is 3. The van der Waals surface area contributed by atoms with Gasteiger partial charge in [0.1, 0.15) is 0 Å². The Balaban J connectivity index is 1.64. The molecular weight excluding hydrogens is 438 g/mol. The van der Waals surface area contributed by atoms with Gasteiger partial charge in [0.25, 0.3) is 0 Å². The second-order valence-corrected chi connectivity index (χ2v) is 10.4. The Kier molecular flexibility index (Phi) is 5.76. The van der Waals surface area contributed by atoms with Crippen molar-refractivity contribution in [2.24, 2.45) is 5.92 Å². The van der Waals surface area contributed by atoms with Crippen molar-refractivity contribution in [1.82, 2.24) is 14.8 Å². The SMILES string of the molecule is CC(C)n1c(SCc2cccc(Br)c2)nnc1-c1csc2c1CC[C@H](C)C2. The number of nitrogens with zero attached hydrogens (tertiary/aromatic N) is 3. The average molecular weight is 462 g/mol. The smallest absolute Gasteiger partial charge is 0.192 e. The summed E-state index contributed by atoms with van der Waals surface area (Å²) in [6.07, 6.45) is 3.65. The van der Waals surface area contributed by atoms with E-state index in [2.05, 4.69) is 81.1 Å². The van der Waals surface area contributed by atoms with Gasteiger partial charge in [0.15, 0.2) is 11.0 Å². The number of hydrogen-bond acceptors (Lipinski definition) is 4. The molecule has 0 amide bonds. The molecule has 0 N–H and O–H groups in total. The summed E-state index contributed by atoms with van der Waals surface area (Å²) in [6.45, 7) is 6.80. The molecule has 0 fully saturated rings. The van der Waals surface area contributed by atoms with Crippen molar-refractivity contribution < 1.29 is 0 Å². The molecule has 2 aromatic heterocycles. The van der Waals surface area contributed by atoms with Crippen molar-refractivity contribution in [3.8, 4) is 11.4 Å². The van der Waals surface area contributed by atoms with E-state index in [1.807, 2.05) is 11.3 Å². The van der Waals surface area contributed by atoms with E-state index in [1.165, 1.54) is 36.0 Å². The maximum atomic E-state index is 4.63. The van der Waals surface area contributed by atoms with Crippen LogP contribution in [0.4, 0.5) is 0 Å².